The van der Waals surface area contributed by atoms with E-state index in [4.69, 9.17) is 0 Å². The highest BCUT2D eigenvalue weighted by Gasteiger charge is 2.20. The van der Waals surface area contributed by atoms with E-state index in [-0.39, 0.29) is 24.2 Å². The van der Waals surface area contributed by atoms with Gasteiger partial charge in [0.15, 0.2) is 5.78 Å². The minimum Gasteiger partial charge on any atom is -0.361 e. The van der Waals surface area contributed by atoms with Crippen LogP contribution in [0.3, 0.4) is 0 Å². The van der Waals surface area contributed by atoms with Crippen molar-refractivity contribution in [1.82, 2.24) is 24.5 Å². The van der Waals surface area contributed by atoms with Gasteiger partial charge < -0.3 is 14.9 Å². The number of rotatable bonds is 6. The van der Waals surface area contributed by atoms with Crippen molar-refractivity contribution in [2.24, 2.45) is 0 Å². The molecule has 4 aromatic heterocycles. The number of carbonyl (C=O) groups is 2. The number of aromatic nitrogens is 5. The Morgan fingerprint density at radius 1 is 1.09 bits per heavy atom. The van der Waals surface area contributed by atoms with Crippen LogP contribution >= 0.6 is 0 Å². The van der Waals surface area contributed by atoms with Crippen molar-refractivity contribution < 1.29 is 9.59 Å². The third-order valence-electron chi connectivity index (χ3n) is 5.61. The van der Waals surface area contributed by atoms with E-state index in [0.717, 1.165) is 16.5 Å². The first-order chi connectivity index (χ1) is 16.0. The molecule has 0 saturated heterocycles. The largest absolute Gasteiger partial charge is 0.361 e. The Bertz CT molecular complexity index is 1500. The molecule has 33 heavy (non-hydrogen) atoms. The molecule has 0 bridgehead atoms. The van der Waals surface area contributed by atoms with Crippen molar-refractivity contribution in [2.45, 2.75) is 26.3 Å². The average molecular weight is 438 g/mol. The molecule has 4 heterocycles. The smallest absolute Gasteiger partial charge is 0.228 e. The number of nitrogens with one attached hydrogen (secondary N) is 2. The Kier molecular flexibility index (Phi) is 5.18. The van der Waals surface area contributed by atoms with Gasteiger partial charge in [-0.15, -0.1) is 0 Å². The van der Waals surface area contributed by atoms with E-state index in [1.807, 2.05) is 48.9 Å². The normalized spacial score (nSPS) is 11.4. The molecule has 8 heteroatoms. The molecule has 2 N–H and O–H groups in total. The van der Waals surface area contributed by atoms with Crippen molar-refractivity contribution in [3.05, 3.63) is 84.3 Å². The van der Waals surface area contributed by atoms with Gasteiger partial charge in [0.2, 0.25) is 5.91 Å². The van der Waals surface area contributed by atoms with Crippen molar-refractivity contribution in [1.29, 1.82) is 0 Å². The lowest BCUT2D eigenvalue weighted by Gasteiger charge is -2.07. The Morgan fingerprint density at radius 3 is 2.79 bits per heavy atom. The number of benzene rings is 1. The predicted molar refractivity (Wildman–Crippen MR) is 126 cm³/mol. The van der Waals surface area contributed by atoms with Gasteiger partial charge in [-0.1, -0.05) is 18.2 Å². The Hall–Kier alpha value is -4.33. The molecule has 0 fully saturated rings. The number of amides is 1. The lowest BCUT2D eigenvalue weighted by Crippen LogP contribution is -2.15. The van der Waals surface area contributed by atoms with Gasteiger partial charge in [0.1, 0.15) is 12.0 Å². The summed E-state index contributed by atoms with van der Waals surface area (Å²) in [6.45, 7) is 4.06. The second-order valence-electron chi connectivity index (χ2n) is 8.18. The molecule has 1 amide bonds. The second-order valence-corrected chi connectivity index (χ2v) is 8.18. The summed E-state index contributed by atoms with van der Waals surface area (Å²) in [5.41, 5.74) is 3.95. The number of H-pyrrole nitrogens is 1. The molecule has 0 unspecified atom stereocenters. The highest BCUT2D eigenvalue weighted by molar-refractivity contribution is 6.16. The zero-order valence-corrected chi connectivity index (χ0v) is 18.2. The number of hydrogen-bond acceptors (Lipinski definition) is 5. The fourth-order valence-corrected chi connectivity index (χ4v) is 4.01. The number of para-hydroxylation sites is 1. The third-order valence-corrected chi connectivity index (χ3v) is 5.61. The summed E-state index contributed by atoms with van der Waals surface area (Å²) in [6.07, 6.45) is 10.0. The summed E-state index contributed by atoms with van der Waals surface area (Å²) in [7, 11) is 0. The van der Waals surface area contributed by atoms with E-state index < -0.39 is 0 Å². The molecule has 8 nitrogen and oxygen atoms in total. The summed E-state index contributed by atoms with van der Waals surface area (Å²) < 4.78 is 1.95. The zero-order valence-electron chi connectivity index (χ0n) is 18.2. The van der Waals surface area contributed by atoms with Crippen LogP contribution in [-0.2, 0) is 11.2 Å². The van der Waals surface area contributed by atoms with E-state index in [1.165, 1.54) is 18.7 Å². The minimum absolute atomic E-state index is 0.136. The Morgan fingerprint density at radius 2 is 1.94 bits per heavy atom. The third kappa shape index (κ3) is 3.87. The first-order valence-corrected chi connectivity index (χ1v) is 10.7. The molecular weight excluding hydrogens is 416 g/mol. The van der Waals surface area contributed by atoms with Crippen LogP contribution in [-0.4, -0.2) is 36.2 Å². The second kappa shape index (κ2) is 8.31. The van der Waals surface area contributed by atoms with E-state index >= 15 is 0 Å². The van der Waals surface area contributed by atoms with Crippen LogP contribution in [0.25, 0.3) is 21.9 Å². The highest BCUT2D eigenvalue weighted by atomic mass is 16.1. The maximum Gasteiger partial charge on any atom is 0.228 e. The maximum atomic E-state index is 13.3. The summed E-state index contributed by atoms with van der Waals surface area (Å²) in [5, 5.41) is 4.55. The van der Waals surface area contributed by atoms with Gasteiger partial charge in [0, 0.05) is 52.7 Å². The van der Waals surface area contributed by atoms with Gasteiger partial charge in [0.05, 0.1) is 23.9 Å². The number of carbonyl (C=O) groups excluding carboxylic acids is 2. The molecule has 0 aliphatic carbocycles. The molecule has 5 aromatic rings. The zero-order chi connectivity index (χ0) is 22.9. The lowest BCUT2D eigenvalue weighted by atomic mass is 10.1. The molecule has 0 aliphatic heterocycles. The molecule has 0 radical (unpaired) electrons. The number of fused-ring (bicyclic) bond motifs is 2. The Labute approximate surface area is 189 Å². The monoisotopic (exact) mass is 438 g/mol. The molecule has 0 atom stereocenters. The molecule has 5 rings (SSSR count). The van der Waals surface area contributed by atoms with Crippen LogP contribution in [0.15, 0.2) is 67.6 Å². The van der Waals surface area contributed by atoms with Gasteiger partial charge in [-0.05, 0) is 31.5 Å². The van der Waals surface area contributed by atoms with E-state index in [0.29, 0.717) is 27.8 Å². The van der Waals surface area contributed by atoms with E-state index in [2.05, 4.69) is 25.3 Å². The number of anilines is 1. The highest BCUT2D eigenvalue weighted by Crippen LogP contribution is 2.25. The number of hydrogen-bond donors (Lipinski definition) is 2. The Balaban J connectivity index is 1.39. The van der Waals surface area contributed by atoms with Gasteiger partial charge in [-0.2, -0.15) is 0 Å². The van der Waals surface area contributed by atoms with E-state index in [1.54, 1.807) is 18.5 Å². The van der Waals surface area contributed by atoms with Crippen LogP contribution in [0, 0.1) is 0 Å². The fourth-order valence-electron chi connectivity index (χ4n) is 4.01. The number of pyridine rings is 1. The van der Waals surface area contributed by atoms with Crippen LogP contribution in [0.5, 0.6) is 0 Å². The van der Waals surface area contributed by atoms with Crippen molar-refractivity contribution in [3.8, 4) is 0 Å². The topological polar surface area (TPSA) is 106 Å². The maximum absolute atomic E-state index is 13.3. The number of ketones is 1. The van der Waals surface area contributed by atoms with Crippen molar-refractivity contribution in [3.63, 3.8) is 0 Å². The SMILES string of the molecule is CC(C)n1cc(C(=O)c2cncc(NC(=O)Cc3c[nH]c4ccccc34)c2)c2cncnc21. The summed E-state index contributed by atoms with van der Waals surface area (Å²) in [4.78, 5) is 41.8. The molecule has 1 aromatic carbocycles. The fraction of sp³-hybridized carbons (Fsp3) is 0.160. The summed E-state index contributed by atoms with van der Waals surface area (Å²) >= 11 is 0. The molecule has 0 saturated carbocycles. The van der Waals surface area contributed by atoms with Crippen LogP contribution < -0.4 is 5.32 Å². The van der Waals surface area contributed by atoms with Gasteiger partial charge in [-0.3, -0.25) is 14.6 Å². The van der Waals surface area contributed by atoms with Gasteiger partial charge in [0.25, 0.3) is 0 Å². The van der Waals surface area contributed by atoms with Crippen LogP contribution in [0.2, 0.25) is 0 Å². The minimum atomic E-state index is -0.200. The first kappa shape index (κ1) is 20.6. The van der Waals surface area contributed by atoms with Crippen molar-refractivity contribution >= 4 is 39.3 Å². The van der Waals surface area contributed by atoms with Crippen LogP contribution in [0.4, 0.5) is 5.69 Å². The van der Waals surface area contributed by atoms with Crippen molar-refractivity contribution in [2.75, 3.05) is 5.32 Å². The predicted octanol–water partition coefficient (Wildman–Crippen LogP) is 4.30. The molecular formula is C25H22N6O2. The standard InChI is InChI=1S/C25H22N6O2/c1-15(2)31-13-21(20-12-27-14-29-25(20)31)24(33)17-7-18(11-26-9-17)30-23(32)8-16-10-28-22-6-4-3-5-19(16)22/h3-7,9-15,28H,8H2,1-2H3,(H,30,32). The van der Waals surface area contributed by atoms with E-state index in [9.17, 15) is 9.59 Å². The molecule has 0 aliphatic rings. The van der Waals surface area contributed by atoms with Gasteiger partial charge in [-0.25, -0.2) is 9.97 Å². The average Bonchev–Trinajstić information content (AvgIpc) is 3.41. The molecule has 164 valence electrons. The summed E-state index contributed by atoms with van der Waals surface area (Å²) in [5.74, 6) is -0.384. The lowest BCUT2D eigenvalue weighted by molar-refractivity contribution is -0.115. The quantitative estimate of drug-likeness (QED) is 0.385. The number of nitrogens with zero attached hydrogens (tertiary/aromatic N) is 4. The first-order valence-electron chi connectivity index (χ1n) is 10.7. The summed E-state index contributed by atoms with van der Waals surface area (Å²) in [6, 6.07) is 9.62. The number of aromatic amines is 1. The molecule has 0 spiro atoms. The van der Waals surface area contributed by atoms with Gasteiger partial charge >= 0.3 is 0 Å². The van der Waals surface area contributed by atoms with Crippen LogP contribution in [0.1, 0.15) is 41.4 Å².